The Kier molecular flexibility index (Phi) is 14.2. The Hall–Kier alpha value is -4.59. The van der Waals surface area contributed by atoms with Gasteiger partial charge in [0.1, 0.15) is 54.9 Å². The van der Waals surface area contributed by atoms with Crippen molar-refractivity contribution >= 4 is 31.6 Å². The number of rotatable bonds is 18. The molecule has 1 aliphatic rings. The molecule has 12 nitrogen and oxygen atoms in total. The number of methoxy groups -OCH3 is 2. The molecule has 4 atom stereocenters. The van der Waals surface area contributed by atoms with Crippen molar-refractivity contribution in [2.45, 2.75) is 51.2 Å². The molecule has 1 fully saturated rings. The van der Waals surface area contributed by atoms with E-state index in [1.807, 2.05) is 84.9 Å². The van der Waals surface area contributed by atoms with E-state index in [2.05, 4.69) is 31.1 Å². The zero-order chi connectivity index (χ0) is 40.4. The molecule has 1 N–H and O–H groups in total. The number of nitrogens with one attached hydrogen (secondary N) is 1. The number of carbonyl (C=O) groups is 1. The topological polar surface area (TPSA) is 119 Å². The molecule has 57 heavy (non-hydrogen) atoms. The van der Waals surface area contributed by atoms with Crippen molar-refractivity contribution in [3.8, 4) is 11.5 Å². The van der Waals surface area contributed by atoms with Crippen LogP contribution in [0.25, 0.3) is 0 Å². The van der Waals surface area contributed by atoms with Gasteiger partial charge < -0.3 is 41.0 Å². The lowest BCUT2D eigenvalue weighted by atomic mass is 9.80. The number of hydrogen-bond acceptors (Lipinski definition) is 10. The standard InChI is InChI=1S/C43H49N4O8PS/c1-6-47(7-2,8-3)55-56(57)54-37-29-40(46-28-27-39(45-42(46)49)44-41(48)31-15-11-9-12-16-31)53-38(37)30-52-43(32-17-13-10-14-18-32,33-19-23-35(50-4)24-20-33)34-21-25-36(51-5)26-22-34/h9-28,37-38,40H,6-8,29-30H2,1-5H3,(H,44,45,48,49)/t37-,38+,40+,56?/m0/s1. The zero-order valence-corrected chi connectivity index (χ0v) is 34.5. The average Bonchev–Trinajstić information content (AvgIpc) is 3.65. The fourth-order valence-corrected chi connectivity index (χ4v) is 8.87. The van der Waals surface area contributed by atoms with E-state index in [9.17, 15) is 9.59 Å². The fourth-order valence-electron chi connectivity index (χ4n) is 7.01. The smallest absolute Gasteiger partial charge is 0.351 e. The van der Waals surface area contributed by atoms with Gasteiger partial charge in [0, 0.05) is 18.2 Å². The second-order valence-corrected chi connectivity index (χ2v) is 15.2. The molecule has 0 aliphatic carbocycles. The van der Waals surface area contributed by atoms with Crippen molar-refractivity contribution in [3.63, 3.8) is 0 Å². The number of aromatic nitrogens is 2. The SMILES string of the molecule is CC[N+](CC)(CC)OP([S-])O[C@H]1C[C@H](n2ccc(NC(=O)c3ccccc3)nc2=O)O[C@@H]1COC(c1ccccc1)(c1ccc(OC)cc1)c1ccc(OC)cc1. The Labute approximate surface area is 340 Å². The van der Waals surface area contributed by atoms with Gasteiger partial charge in [0.25, 0.3) is 5.91 Å². The van der Waals surface area contributed by atoms with E-state index in [1.165, 1.54) is 4.57 Å². The molecule has 0 saturated carbocycles. The van der Waals surface area contributed by atoms with Crippen LogP contribution in [-0.4, -0.2) is 72.8 Å². The number of anilines is 1. The highest BCUT2D eigenvalue weighted by Gasteiger charge is 2.44. The summed E-state index contributed by atoms with van der Waals surface area (Å²) in [5.41, 5.74) is 1.30. The van der Waals surface area contributed by atoms with Crippen LogP contribution in [-0.2, 0) is 36.5 Å². The maximum absolute atomic E-state index is 13.5. The lowest BCUT2D eigenvalue weighted by molar-refractivity contribution is -1.08. The number of hydroxylamine groups is 3. The summed E-state index contributed by atoms with van der Waals surface area (Å²) < 4.78 is 39.6. The summed E-state index contributed by atoms with van der Waals surface area (Å²) in [5.74, 6) is 1.15. The van der Waals surface area contributed by atoms with E-state index in [0.717, 1.165) is 36.3 Å². The highest BCUT2D eigenvalue weighted by molar-refractivity contribution is 8.29. The van der Waals surface area contributed by atoms with Gasteiger partial charge in [0.15, 0.2) is 0 Å². The van der Waals surface area contributed by atoms with Gasteiger partial charge in [-0.05, 0) is 79.9 Å². The van der Waals surface area contributed by atoms with Gasteiger partial charge in [0.05, 0.1) is 34.5 Å². The molecule has 1 aromatic heterocycles. The van der Waals surface area contributed by atoms with Gasteiger partial charge in [-0.15, -0.1) is 0 Å². The quantitative estimate of drug-likeness (QED) is 0.0309. The second kappa shape index (κ2) is 19.2. The van der Waals surface area contributed by atoms with E-state index in [0.29, 0.717) is 21.7 Å². The molecule has 1 saturated heterocycles. The number of ether oxygens (including phenoxy) is 4. The van der Waals surface area contributed by atoms with Gasteiger partial charge in [0.2, 0.25) is 0 Å². The molecule has 1 aliphatic heterocycles. The van der Waals surface area contributed by atoms with Crippen LogP contribution in [0.1, 0.15) is 60.5 Å². The minimum Gasteiger partial charge on any atom is -0.694 e. The Morgan fingerprint density at radius 2 is 1.39 bits per heavy atom. The van der Waals surface area contributed by atoms with Crippen LogP contribution < -0.4 is 20.5 Å². The summed E-state index contributed by atoms with van der Waals surface area (Å²) in [6.07, 6.45) is -0.267. The molecule has 0 radical (unpaired) electrons. The molecular formula is C43H49N4O8PS. The lowest BCUT2D eigenvalue weighted by Crippen LogP contribution is -2.46. The lowest BCUT2D eigenvalue weighted by Gasteiger charge is -2.39. The highest BCUT2D eigenvalue weighted by Crippen LogP contribution is 2.47. The van der Waals surface area contributed by atoms with Crippen molar-refractivity contribution in [1.29, 1.82) is 0 Å². The van der Waals surface area contributed by atoms with E-state index < -0.39 is 37.3 Å². The third-order valence-electron chi connectivity index (χ3n) is 10.4. The molecule has 4 aromatic carbocycles. The number of quaternary nitrogens is 1. The van der Waals surface area contributed by atoms with Crippen molar-refractivity contribution in [1.82, 2.24) is 9.55 Å². The number of benzene rings is 4. The van der Waals surface area contributed by atoms with E-state index in [4.69, 9.17) is 40.3 Å². The summed E-state index contributed by atoms with van der Waals surface area (Å²) in [5, 5.41) is 2.70. The summed E-state index contributed by atoms with van der Waals surface area (Å²) >= 11 is 5.85. The van der Waals surface area contributed by atoms with Gasteiger partial charge in [-0.2, -0.15) is 14.3 Å². The summed E-state index contributed by atoms with van der Waals surface area (Å²) in [4.78, 5) is 30.5. The van der Waals surface area contributed by atoms with Crippen LogP contribution in [0.5, 0.6) is 11.5 Å². The highest BCUT2D eigenvalue weighted by atomic mass is 32.7. The molecule has 300 valence electrons. The Bertz CT molecular complexity index is 2050. The molecule has 1 amide bonds. The van der Waals surface area contributed by atoms with E-state index in [1.54, 1.807) is 50.7 Å². The maximum Gasteiger partial charge on any atom is 0.351 e. The first kappa shape index (κ1) is 42.0. The second-order valence-electron chi connectivity index (χ2n) is 13.5. The van der Waals surface area contributed by atoms with Crippen LogP contribution in [0.3, 0.4) is 0 Å². The molecular weight excluding hydrogens is 764 g/mol. The first-order chi connectivity index (χ1) is 27.7. The van der Waals surface area contributed by atoms with Crippen LogP contribution in [0.2, 0.25) is 0 Å². The van der Waals surface area contributed by atoms with Crippen molar-refractivity contribution in [3.05, 3.63) is 154 Å². The van der Waals surface area contributed by atoms with Crippen LogP contribution >= 0.6 is 7.58 Å². The predicted molar refractivity (Wildman–Crippen MR) is 222 cm³/mol. The van der Waals surface area contributed by atoms with Crippen molar-refractivity contribution < 1.29 is 37.5 Å². The molecule has 14 heteroatoms. The summed E-state index contributed by atoms with van der Waals surface area (Å²) in [7, 11) is 1.46. The first-order valence-electron chi connectivity index (χ1n) is 19.0. The van der Waals surface area contributed by atoms with Gasteiger partial charge in [-0.25, -0.2) is 4.79 Å². The summed E-state index contributed by atoms with van der Waals surface area (Å²) in [6.45, 7) is 8.38. The largest absolute Gasteiger partial charge is 0.694 e. The molecule has 5 aromatic rings. The predicted octanol–water partition coefficient (Wildman–Crippen LogP) is 7.78. The zero-order valence-electron chi connectivity index (χ0n) is 32.8. The third kappa shape index (κ3) is 9.59. The minimum atomic E-state index is -1.80. The summed E-state index contributed by atoms with van der Waals surface area (Å²) in [6, 6.07) is 35.8. The number of nitrogens with zero attached hydrogens (tertiary/aromatic N) is 3. The molecule has 6 rings (SSSR count). The van der Waals surface area contributed by atoms with E-state index in [-0.39, 0.29) is 24.8 Å². The molecule has 0 spiro atoms. The maximum atomic E-state index is 13.5. The number of hydrogen-bond donors (Lipinski definition) is 1. The molecule has 0 bridgehead atoms. The van der Waals surface area contributed by atoms with Gasteiger partial charge in [-0.1, -0.05) is 72.8 Å². The van der Waals surface area contributed by atoms with Gasteiger partial charge in [-0.3, -0.25) is 9.36 Å². The number of carbonyl (C=O) groups excluding carboxylic acids is 1. The Morgan fingerprint density at radius 1 is 0.842 bits per heavy atom. The van der Waals surface area contributed by atoms with Crippen molar-refractivity contribution in [2.75, 3.05) is 45.8 Å². The Morgan fingerprint density at radius 3 is 1.91 bits per heavy atom. The van der Waals surface area contributed by atoms with Crippen LogP contribution in [0.4, 0.5) is 5.82 Å². The third-order valence-corrected chi connectivity index (χ3v) is 11.8. The van der Waals surface area contributed by atoms with Crippen LogP contribution in [0, 0.1) is 0 Å². The minimum absolute atomic E-state index is 0.0371. The first-order valence-corrected chi connectivity index (χ1v) is 21.2. The van der Waals surface area contributed by atoms with Crippen LogP contribution in [0.15, 0.2) is 126 Å². The van der Waals surface area contributed by atoms with E-state index >= 15 is 0 Å². The molecule has 1 unspecified atom stereocenters. The Balaban J connectivity index is 1.35. The average molecular weight is 813 g/mol. The van der Waals surface area contributed by atoms with Crippen molar-refractivity contribution in [2.24, 2.45) is 0 Å². The fraction of sp³-hybridized carbons (Fsp3) is 0.326. The van der Waals surface area contributed by atoms with Gasteiger partial charge >= 0.3 is 5.69 Å². The number of amides is 1. The monoisotopic (exact) mass is 812 g/mol. The normalized spacial score (nSPS) is 17.5. The molecule has 2 heterocycles.